The topological polar surface area (TPSA) is 59.4 Å². The first-order valence-electron chi connectivity index (χ1n) is 3.08. The molecule has 0 aliphatic heterocycles. The highest BCUT2D eigenvalue weighted by molar-refractivity contribution is 5.90. The Kier molecular flexibility index (Phi) is 2.23. The third-order valence-corrected chi connectivity index (χ3v) is 1.30. The van der Waals surface area contributed by atoms with E-state index in [-0.39, 0.29) is 5.75 Å². The van der Waals surface area contributed by atoms with Crippen LogP contribution in [0.3, 0.4) is 0 Å². The van der Waals surface area contributed by atoms with Gasteiger partial charge in [0.1, 0.15) is 5.75 Å². The molecule has 0 aromatic carbocycles. The van der Waals surface area contributed by atoms with Gasteiger partial charge < -0.3 is 9.84 Å². The minimum absolute atomic E-state index is 0.0324. The highest BCUT2D eigenvalue weighted by Crippen LogP contribution is 2.18. The lowest BCUT2D eigenvalue weighted by Crippen LogP contribution is -2.05. The summed E-state index contributed by atoms with van der Waals surface area (Å²) >= 11 is 0. The number of carbonyl (C=O) groups is 1. The van der Waals surface area contributed by atoms with Crippen molar-refractivity contribution >= 4 is 5.97 Å². The van der Waals surface area contributed by atoms with Crippen LogP contribution in [0.4, 0.5) is 4.39 Å². The summed E-state index contributed by atoms with van der Waals surface area (Å²) < 4.78 is 17.3. The van der Waals surface area contributed by atoms with Crippen LogP contribution in [-0.2, 0) is 0 Å². The Labute approximate surface area is 67.6 Å². The Balaban J connectivity index is 3.29. The largest absolute Gasteiger partial charge is 0.496 e. The number of aromatic nitrogens is 1. The van der Waals surface area contributed by atoms with Crippen LogP contribution in [-0.4, -0.2) is 23.2 Å². The van der Waals surface area contributed by atoms with Gasteiger partial charge >= 0.3 is 5.97 Å². The van der Waals surface area contributed by atoms with Crippen LogP contribution in [0.5, 0.6) is 5.75 Å². The fraction of sp³-hybridized carbons (Fsp3) is 0.143. The van der Waals surface area contributed by atoms with Crippen LogP contribution in [0.25, 0.3) is 0 Å². The molecule has 0 atom stereocenters. The van der Waals surface area contributed by atoms with E-state index >= 15 is 0 Å². The molecule has 12 heavy (non-hydrogen) atoms. The molecule has 0 spiro atoms. The van der Waals surface area contributed by atoms with Crippen molar-refractivity contribution in [3.8, 4) is 5.75 Å². The maximum Gasteiger partial charge on any atom is 0.344 e. The average Bonchev–Trinajstić information content (AvgIpc) is 2.03. The molecule has 0 saturated heterocycles. The molecule has 1 aromatic rings. The third kappa shape index (κ3) is 1.34. The molecule has 0 fully saturated rings. The SMILES string of the molecule is COc1ccnc(F)c1C(=O)O. The van der Waals surface area contributed by atoms with E-state index in [1.54, 1.807) is 0 Å². The summed E-state index contributed by atoms with van der Waals surface area (Å²) in [6.07, 6.45) is 1.14. The molecule has 0 bridgehead atoms. The molecular weight excluding hydrogens is 165 g/mol. The Morgan fingerprint density at radius 3 is 2.83 bits per heavy atom. The van der Waals surface area contributed by atoms with E-state index in [0.29, 0.717) is 0 Å². The number of halogens is 1. The molecule has 5 heteroatoms. The summed E-state index contributed by atoms with van der Waals surface area (Å²) in [7, 11) is 1.27. The number of hydrogen-bond acceptors (Lipinski definition) is 3. The highest BCUT2D eigenvalue weighted by Gasteiger charge is 2.16. The van der Waals surface area contributed by atoms with E-state index in [2.05, 4.69) is 9.72 Å². The summed E-state index contributed by atoms with van der Waals surface area (Å²) in [6, 6.07) is 1.28. The molecule has 4 nitrogen and oxygen atoms in total. The van der Waals surface area contributed by atoms with Crippen molar-refractivity contribution < 1.29 is 19.0 Å². The lowest BCUT2D eigenvalue weighted by Gasteiger charge is -2.03. The molecule has 0 unspecified atom stereocenters. The Bertz CT molecular complexity index is 314. The summed E-state index contributed by atoms with van der Waals surface area (Å²) in [5, 5.41) is 8.52. The standard InChI is InChI=1S/C7H6FNO3/c1-12-4-2-3-9-6(8)5(4)7(10)11/h2-3H,1H3,(H,10,11). The molecule has 1 N–H and O–H groups in total. The Morgan fingerprint density at radius 2 is 2.42 bits per heavy atom. The molecule has 1 heterocycles. The second kappa shape index (κ2) is 3.17. The second-order valence-corrected chi connectivity index (χ2v) is 1.98. The van der Waals surface area contributed by atoms with E-state index in [1.165, 1.54) is 13.2 Å². The summed E-state index contributed by atoms with van der Waals surface area (Å²) in [5.41, 5.74) is -0.542. The molecular formula is C7H6FNO3. The lowest BCUT2D eigenvalue weighted by atomic mass is 10.2. The monoisotopic (exact) mass is 171 g/mol. The van der Waals surface area contributed by atoms with Gasteiger partial charge in [-0.2, -0.15) is 4.39 Å². The van der Waals surface area contributed by atoms with E-state index in [1.807, 2.05) is 0 Å². The zero-order chi connectivity index (χ0) is 9.14. The van der Waals surface area contributed by atoms with Crippen molar-refractivity contribution in [3.63, 3.8) is 0 Å². The van der Waals surface area contributed by atoms with Crippen LogP contribution >= 0.6 is 0 Å². The predicted molar refractivity (Wildman–Crippen MR) is 37.7 cm³/mol. The van der Waals surface area contributed by atoms with Crippen LogP contribution in [0.1, 0.15) is 10.4 Å². The van der Waals surface area contributed by atoms with E-state index in [0.717, 1.165) is 6.20 Å². The zero-order valence-corrected chi connectivity index (χ0v) is 6.24. The lowest BCUT2D eigenvalue weighted by molar-refractivity contribution is 0.0687. The molecule has 0 radical (unpaired) electrons. The molecule has 64 valence electrons. The first-order valence-corrected chi connectivity index (χ1v) is 3.08. The van der Waals surface area contributed by atoms with Gasteiger partial charge in [0.2, 0.25) is 5.95 Å². The summed E-state index contributed by atoms with van der Waals surface area (Å²) in [4.78, 5) is 13.6. The van der Waals surface area contributed by atoms with Gasteiger partial charge in [-0.15, -0.1) is 0 Å². The number of methoxy groups -OCH3 is 1. The van der Waals surface area contributed by atoms with Crippen molar-refractivity contribution in [1.29, 1.82) is 0 Å². The number of nitrogens with zero attached hydrogens (tertiary/aromatic N) is 1. The van der Waals surface area contributed by atoms with Crippen LogP contribution < -0.4 is 4.74 Å². The average molecular weight is 171 g/mol. The van der Waals surface area contributed by atoms with E-state index < -0.39 is 17.5 Å². The Morgan fingerprint density at radius 1 is 1.75 bits per heavy atom. The summed E-state index contributed by atoms with van der Waals surface area (Å²) in [6.45, 7) is 0. The molecule has 0 aliphatic carbocycles. The first kappa shape index (κ1) is 8.45. The Hall–Kier alpha value is -1.65. The minimum atomic E-state index is -1.39. The predicted octanol–water partition coefficient (Wildman–Crippen LogP) is 0.927. The van der Waals surface area contributed by atoms with Crippen molar-refractivity contribution in [2.24, 2.45) is 0 Å². The minimum Gasteiger partial charge on any atom is -0.496 e. The number of carboxylic acid groups (broad SMARTS) is 1. The van der Waals surface area contributed by atoms with Gasteiger partial charge in [0, 0.05) is 6.20 Å². The van der Waals surface area contributed by atoms with Crippen LogP contribution in [0.15, 0.2) is 12.3 Å². The second-order valence-electron chi connectivity index (χ2n) is 1.98. The van der Waals surface area contributed by atoms with Crippen LogP contribution in [0, 0.1) is 5.95 Å². The number of hydrogen-bond donors (Lipinski definition) is 1. The molecule has 0 amide bonds. The molecule has 1 aromatic heterocycles. The van der Waals surface area contributed by atoms with Gasteiger partial charge in [-0.25, -0.2) is 9.78 Å². The third-order valence-electron chi connectivity index (χ3n) is 1.30. The van der Waals surface area contributed by atoms with Gasteiger partial charge in [-0.05, 0) is 6.07 Å². The van der Waals surface area contributed by atoms with Gasteiger partial charge in [-0.1, -0.05) is 0 Å². The van der Waals surface area contributed by atoms with Gasteiger partial charge in [0.25, 0.3) is 0 Å². The van der Waals surface area contributed by atoms with Gasteiger partial charge in [0.15, 0.2) is 5.56 Å². The van der Waals surface area contributed by atoms with Crippen molar-refractivity contribution in [2.75, 3.05) is 7.11 Å². The molecule has 1 rings (SSSR count). The van der Waals surface area contributed by atoms with Gasteiger partial charge in [0.05, 0.1) is 7.11 Å². The number of ether oxygens (including phenoxy) is 1. The number of aromatic carboxylic acids is 1. The maximum atomic E-state index is 12.7. The van der Waals surface area contributed by atoms with Gasteiger partial charge in [-0.3, -0.25) is 0 Å². The molecule has 0 aliphatic rings. The van der Waals surface area contributed by atoms with Crippen molar-refractivity contribution in [3.05, 3.63) is 23.8 Å². The van der Waals surface area contributed by atoms with Crippen LogP contribution in [0.2, 0.25) is 0 Å². The fourth-order valence-electron chi connectivity index (χ4n) is 0.784. The maximum absolute atomic E-state index is 12.7. The first-order chi connectivity index (χ1) is 5.66. The summed E-state index contributed by atoms with van der Waals surface area (Å²) in [5.74, 6) is -2.46. The normalized spacial score (nSPS) is 9.50. The van der Waals surface area contributed by atoms with Crippen molar-refractivity contribution in [2.45, 2.75) is 0 Å². The quantitative estimate of drug-likeness (QED) is 0.672. The van der Waals surface area contributed by atoms with E-state index in [4.69, 9.17) is 5.11 Å². The fourth-order valence-corrected chi connectivity index (χ4v) is 0.784. The highest BCUT2D eigenvalue weighted by atomic mass is 19.1. The number of rotatable bonds is 2. The van der Waals surface area contributed by atoms with E-state index in [9.17, 15) is 9.18 Å². The smallest absolute Gasteiger partial charge is 0.344 e. The number of carboxylic acids is 1. The zero-order valence-electron chi connectivity index (χ0n) is 6.24. The molecule has 0 saturated carbocycles. The number of pyridine rings is 1. The van der Waals surface area contributed by atoms with Crippen molar-refractivity contribution in [1.82, 2.24) is 4.98 Å².